The van der Waals surface area contributed by atoms with Gasteiger partial charge in [0.05, 0.1) is 12.7 Å². The van der Waals surface area contributed by atoms with Crippen molar-refractivity contribution in [2.75, 3.05) is 26.7 Å². The first-order chi connectivity index (χ1) is 14.4. The van der Waals surface area contributed by atoms with Gasteiger partial charge < -0.3 is 30.0 Å². The lowest BCUT2D eigenvalue weighted by Gasteiger charge is -2.29. The molecule has 3 aliphatic rings. The van der Waals surface area contributed by atoms with Crippen molar-refractivity contribution in [1.29, 1.82) is 0 Å². The number of likely N-dealkylation sites (N-methyl/N-ethyl adjacent to an activating group) is 1. The van der Waals surface area contributed by atoms with Gasteiger partial charge in [-0.15, -0.1) is 0 Å². The molecular weight excluding hydrogens is 406 g/mol. The fraction of sp³-hybridized carbons (Fsp3) is 0.737. The molecular formula is C19H31BN4O5P. The summed E-state index contributed by atoms with van der Waals surface area (Å²) in [4.78, 5) is 42.1. The van der Waals surface area contributed by atoms with E-state index in [9.17, 15) is 14.4 Å². The maximum Gasteiger partial charge on any atom is 0.332 e. The smallest absolute Gasteiger partial charge is 0.332 e. The van der Waals surface area contributed by atoms with E-state index in [4.69, 9.17) is 14.9 Å². The van der Waals surface area contributed by atoms with Crippen molar-refractivity contribution in [1.82, 2.24) is 15.1 Å². The molecule has 1 radical (unpaired) electrons. The number of hydrogen-bond donors (Lipinski definition) is 2. The second-order valence-electron chi connectivity index (χ2n) is 8.04. The lowest BCUT2D eigenvalue weighted by Crippen LogP contribution is -2.55. The zero-order valence-corrected chi connectivity index (χ0v) is 18.6. The molecule has 165 valence electrons. The number of ether oxygens (including phenoxy) is 1. The second-order valence-corrected chi connectivity index (χ2v) is 8.85. The van der Waals surface area contributed by atoms with E-state index in [1.54, 1.807) is 18.9 Å². The minimum absolute atomic E-state index is 0.00151. The summed E-state index contributed by atoms with van der Waals surface area (Å²) < 4.78 is 11.0. The number of amides is 3. The number of carbonyl (C=O) groups excluding carboxylic acids is 3. The van der Waals surface area contributed by atoms with Gasteiger partial charge in [-0.1, -0.05) is 12.2 Å². The van der Waals surface area contributed by atoms with E-state index < -0.39 is 23.6 Å². The van der Waals surface area contributed by atoms with E-state index in [0.29, 0.717) is 19.4 Å². The van der Waals surface area contributed by atoms with Gasteiger partial charge in [-0.2, -0.15) is 0 Å². The normalized spacial score (nSPS) is 33.5. The number of esters is 1. The van der Waals surface area contributed by atoms with Gasteiger partial charge in [-0.25, -0.2) is 9.59 Å². The van der Waals surface area contributed by atoms with Gasteiger partial charge in [0.1, 0.15) is 11.6 Å². The summed E-state index contributed by atoms with van der Waals surface area (Å²) in [5.41, 5.74) is 4.37. The average molecular weight is 437 g/mol. The van der Waals surface area contributed by atoms with Crippen molar-refractivity contribution in [2.24, 2.45) is 11.6 Å². The molecule has 3 rings (SSSR count). The molecule has 11 heteroatoms. The van der Waals surface area contributed by atoms with Crippen molar-refractivity contribution in [3.8, 4) is 0 Å². The zero-order chi connectivity index (χ0) is 21.7. The van der Waals surface area contributed by atoms with E-state index >= 15 is 0 Å². The molecule has 3 amide bonds. The van der Waals surface area contributed by atoms with Crippen molar-refractivity contribution >= 4 is 33.7 Å². The highest BCUT2D eigenvalue weighted by molar-refractivity contribution is 7.66. The lowest BCUT2D eigenvalue weighted by atomic mass is 10.1. The third-order valence-electron chi connectivity index (χ3n) is 5.95. The molecule has 1 unspecified atom stereocenters. The number of urea groups is 1. The highest BCUT2D eigenvalue weighted by Gasteiger charge is 2.62. The van der Waals surface area contributed by atoms with Crippen molar-refractivity contribution in [3.05, 3.63) is 12.2 Å². The minimum Gasteiger partial charge on any atom is -0.464 e. The van der Waals surface area contributed by atoms with Gasteiger partial charge >= 0.3 is 12.0 Å². The van der Waals surface area contributed by atoms with Crippen LogP contribution in [0.25, 0.3) is 0 Å². The predicted molar refractivity (Wildman–Crippen MR) is 115 cm³/mol. The lowest BCUT2D eigenvalue weighted by molar-refractivity contribution is -0.147. The Morgan fingerprint density at radius 1 is 1.43 bits per heavy atom. The molecule has 2 aliphatic heterocycles. The molecule has 1 saturated carbocycles. The van der Waals surface area contributed by atoms with E-state index in [0.717, 1.165) is 19.3 Å². The number of fused-ring (bicyclic) bond motifs is 2. The van der Waals surface area contributed by atoms with Crippen LogP contribution in [0.4, 0.5) is 4.79 Å². The largest absolute Gasteiger partial charge is 0.464 e. The molecule has 0 aromatic rings. The average Bonchev–Trinajstić information content (AvgIpc) is 3.25. The fourth-order valence-corrected chi connectivity index (χ4v) is 4.63. The summed E-state index contributed by atoms with van der Waals surface area (Å²) in [5, 5.41) is 2.89. The van der Waals surface area contributed by atoms with Crippen LogP contribution >= 0.6 is 8.69 Å². The third-order valence-corrected chi connectivity index (χ3v) is 6.56. The third kappa shape index (κ3) is 4.98. The summed E-state index contributed by atoms with van der Waals surface area (Å²) in [6.07, 6.45) is 7.39. The summed E-state index contributed by atoms with van der Waals surface area (Å²) in [7, 11) is 3.19. The molecule has 1 saturated heterocycles. The Bertz CT molecular complexity index is 696. The number of allylic oxidation sites excluding steroid dienone is 1. The number of hydrogen-bond acceptors (Lipinski definition) is 6. The van der Waals surface area contributed by atoms with E-state index in [2.05, 4.69) is 11.4 Å². The van der Waals surface area contributed by atoms with Crippen LogP contribution in [0.3, 0.4) is 0 Å². The molecule has 1 aliphatic carbocycles. The Hall–Kier alpha value is -1.64. The molecule has 0 spiro atoms. The van der Waals surface area contributed by atoms with Crippen LogP contribution in [0.5, 0.6) is 0 Å². The van der Waals surface area contributed by atoms with Gasteiger partial charge in [-0.05, 0) is 41.3 Å². The monoisotopic (exact) mass is 437 g/mol. The number of rotatable bonds is 5. The van der Waals surface area contributed by atoms with Crippen molar-refractivity contribution < 1.29 is 23.6 Å². The maximum atomic E-state index is 13.2. The second kappa shape index (κ2) is 10.1. The molecule has 0 aromatic carbocycles. The Balaban J connectivity index is 1.84. The quantitative estimate of drug-likeness (QED) is 0.284. The first-order valence-corrected chi connectivity index (χ1v) is 11.5. The fourth-order valence-electron chi connectivity index (χ4n) is 4.19. The SMILES string of the molecule is CCOC(=O)[C@@]12C[C@H]1/C=C\CCCCN(C)C(=O)[C@@H]1C[C@H](OP[B]N)CN1C(=O)N2. The summed E-state index contributed by atoms with van der Waals surface area (Å²) in [5.74, 6) is -0.629. The van der Waals surface area contributed by atoms with Crippen LogP contribution in [0.1, 0.15) is 39.0 Å². The van der Waals surface area contributed by atoms with Crippen LogP contribution in [0.2, 0.25) is 0 Å². The summed E-state index contributed by atoms with van der Waals surface area (Å²) in [6.45, 7) is 2.90. The van der Waals surface area contributed by atoms with E-state index in [1.807, 2.05) is 6.08 Å². The Kier molecular flexibility index (Phi) is 7.77. The van der Waals surface area contributed by atoms with Crippen LogP contribution < -0.4 is 11.0 Å². The molecule has 2 heterocycles. The molecule has 30 heavy (non-hydrogen) atoms. The topological polar surface area (TPSA) is 114 Å². The Morgan fingerprint density at radius 3 is 2.97 bits per heavy atom. The van der Waals surface area contributed by atoms with Gasteiger partial charge in [0.25, 0.3) is 7.13 Å². The Labute approximate surface area is 180 Å². The van der Waals surface area contributed by atoms with Crippen LogP contribution in [0, 0.1) is 5.92 Å². The molecule has 3 N–H and O–H groups in total. The van der Waals surface area contributed by atoms with Gasteiger partial charge in [-0.3, -0.25) is 4.79 Å². The molecule has 0 bridgehead atoms. The van der Waals surface area contributed by atoms with Crippen LogP contribution in [-0.2, 0) is 18.8 Å². The number of nitrogens with two attached hydrogens (primary N) is 1. The number of carbonyl (C=O) groups is 3. The molecule has 9 nitrogen and oxygen atoms in total. The number of nitrogens with zero attached hydrogens (tertiary/aromatic N) is 2. The standard InChI is InChI=1S/C19H31BN4O5P/c1-3-28-17(26)19-11-13(19)8-6-4-5-7-9-23(2)16(25)15-10-14(29-30-20-21)12-24(15)18(27)22-19/h6,8,13-15,30H,3-5,7,9-12,21H2,1-2H3,(H,22,27)/b8-6-/t13-,14+,15+,19-/m1/s1. The molecule has 0 aromatic heterocycles. The predicted octanol–water partition coefficient (Wildman–Crippen LogP) is 0.762. The molecule has 5 atom stereocenters. The highest BCUT2D eigenvalue weighted by atomic mass is 31.1. The van der Waals surface area contributed by atoms with Crippen LogP contribution in [0.15, 0.2) is 12.2 Å². The maximum absolute atomic E-state index is 13.2. The van der Waals surface area contributed by atoms with Gasteiger partial charge in [0.2, 0.25) is 5.91 Å². The highest BCUT2D eigenvalue weighted by Crippen LogP contribution is 2.46. The molecule has 2 fully saturated rings. The van der Waals surface area contributed by atoms with E-state index in [1.165, 1.54) is 12.0 Å². The first-order valence-electron chi connectivity index (χ1n) is 10.5. The van der Waals surface area contributed by atoms with E-state index in [-0.39, 0.29) is 39.8 Å². The first kappa shape index (κ1) is 23.0. The Morgan fingerprint density at radius 2 is 2.23 bits per heavy atom. The summed E-state index contributed by atoms with van der Waals surface area (Å²) >= 11 is 0. The van der Waals surface area contributed by atoms with Crippen LogP contribution in [-0.4, -0.2) is 79.3 Å². The van der Waals surface area contributed by atoms with Gasteiger partial charge in [0.15, 0.2) is 0 Å². The number of nitrogens with one attached hydrogen (secondary N) is 1. The van der Waals surface area contributed by atoms with Gasteiger partial charge in [0, 0.05) is 32.5 Å². The zero-order valence-electron chi connectivity index (χ0n) is 17.6. The van der Waals surface area contributed by atoms with Crippen molar-refractivity contribution in [2.45, 2.75) is 56.7 Å². The minimum atomic E-state index is -1.06. The summed E-state index contributed by atoms with van der Waals surface area (Å²) in [6, 6.07) is -1.06. The van der Waals surface area contributed by atoms with Crippen molar-refractivity contribution in [3.63, 3.8) is 0 Å².